The summed E-state index contributed by atoms with van der Waals surface area (Å²) in [5, 5.41) is 12.0. The van der Waals surface area contributed by atoms with Crippen LogP contribution in [0.15, 0.2) is 60.0 Å². The Hall–Kier alpha value is -3.85. The Balaban J connectivity index is 1.50. The number of rotatable bonds is 7. The van der Waals surface area contributed by atoms with Gasteiger partial charge in [-0.2, -0.15) is 10.2 Å². The number of hydrogen-bond acceptors (Lipinski definition) is 7. The molecule has 1 aliphatic heterocycles. The quantitative estimate of drug-likeness (QED) is 0.468. The van der Waals surface area contributed by atoms with E-state index in [0.717, 1.165) is 36.4 Å². The zero-order valence-corrected chi connectivity index (χ0v) is 18.6. The molecule has 0 saturated carbocycles. The van der Waals surface area contributed by atoms with Gasteiger partial charge in [0.15, 0.2) is 11.6 Å². The van der Waals surface area contributed by atoms with Gasteiger partial charge in [0.05, 0.1) is 24.8 Å². The second-order valence-electron chi connectivity index (χ2n) is 7.89. The molecule has 0 spiro atoms. The van der Waals surface area contributed by atoms with Crippen LogP contribution in [0, 0.1) is 0 Å². The highest BCUT2D eigenvalue weighted by molar-refractivity contribution is 5.70. The fourth-order valence-corrected chi connectivity index (χ4v) is 3.64. The molecule has 168 valence electrons. The lowest BCUT2D eigenvalue weighted by Crippen LogP contribution is -2.50. The van der Waals surface area contributed by atoms with E-state index >= 15 is 0 Å². The Morgan fingerprint density at radius 2 is 1.88 bits per heavy atom. The third-order valence-corrected chi connectivity index (χ3v) is 5.64. The Bertz CT molecular complexity index is 1320. The van der Waals surface area contributed by atoms with Crippen molar-refractivity contribution in [2.45, 2.75) is 32.9 Å². The summed E-state index contributed by atoms with van der Waals surface area (Å²) in [4.78, 5) is 22.1. The molecule has 0 unspecified atom stereocenters. The minimum atomic E-state index is -0.0763. The lowest BCUT2D eigenvalue weighted by atomic mass is 10.0. The van der Waals surface area contributed by atoms with Crippen molar-refractivity contribution in [2.75, 3.05) is 13.1 Å². The molecule has 4 aromatic rings. The van der Waals surface area contributed by atoms with Gasteiger partial charge in [0.25, 0.3) is 0 Å². The maximum Gasteiger partial charge on any atom is 0.211 e. The van der Waals surface area contributed by atoms with Crippen molar-refractivity contribution in [2.24, 2.45) is 0 Å². The fraction of sp³-hybridized carbons (Fsp3) is 0.292. The van der Waals surface area contributed by atoms with Gasteiger partial charge in [-0.1, -0.05) is 25.1 Å². The summed E-state index contributed by atoms with van der Waals surface area (Å²) >= 11 is 0. The van der Waals surface area contributed by atoms with Gasteiger partial charge in [0, 0.05) is 37.0 Å². The Morgan fingerprint density at radius 3 is 2.55 bits per heavy atom. The summed E-state index contributed by atoms with van der Waals surface area (Å²) in [7, 11) is 0. The molecule has 1 fully saturated rings. The molecular formula is C24H25N7O2. The van der Waals surface area contributed by atoms with Gasteiger partial charge in [0.1, 0.15) is 17.5 Å². The normalized spacial score (nSPS) is 13.6. The van der Waals surface area contributed by atoms with Crippen LogP contribution in [0.2, 0.25) is 0 Å². The fourth-order valence-electron chi connectivity index (χ4n) is 3.64. The highest BCUT2D eigenvalue weighted by Crippen LogP contribution is 2.24. The van der Waals surface area contributed by atoms with Crippen LogP contribution in [0.1, 0.15) is 19.5 Å². The van der Waals surface area contributed by atoms with E-state index in [9.17, 15) is 4.79 Å². The molecule has 0 amide bonds. The summed E-state index contributed by atoms with van der Waals surface area (Å²) < 4.78 is 9.34. The van der Waals surface area contributed by atoms with E-state index in [1.165, 1.54) is 0 Å². The molecule has 0 bridgehead atoms. The molecular weight excluding hydrogens is 418 g/mol. The van der Waals surface area contributed by atoms with E-state index in [4.69, 9.17) is 4.74 Å². The van der Waals surface area contributed by atoms with Crippen molar-refractivity contribution in [3.63, 3.8) is 0 Å². The molecule has 1 aromatic carbocycles. The monoisotopic (exact) mass is 443 g/mol. The number of aromatic nitrogens is 6. The largest absolute Gasteiger partial charge is 0.485 e. The van der Waals surface area contributed by atoms with Crippen LogP contribution in [-0.2, 0) is 13.0 Å². The zero-order chi connectivity index (χ0) is 22.8. The average Bonchev–Trinajstić information content (AvgIpc) is 3.31. The highest BCUT2D eigenvalue weighted by Gasteiger charge is 2.19. The van der Waals surface area contributed by atoms with Crippen LogP contribution in [-0.4, -0.2) is 48.7 Å². The SMILES string of the molecule is CCc1nn(-c2cnn(CC)c2)cc(-c2cccc(-c3ncc(OC4CNC4)cn3)c2)c1=O. The molecule has 9 heteroatoms. The van der Waals surface area contributed by atoms with E-state index in [-0.39, 0.29) is 11.5 Å². The number of nitrogens with one attached hydrogen (secondary N) is 1. The van der Waals surface area contributed by atoms with Gasteiger partial charge in [-0.15, -0.1) is 0 Å². The summed E-state index contributed by atoms with van der Waals surface area (Å²) in [6.45, 7) is 6.39. The van der Waals surface area contributed by atoms with Crippen LogP contribution < -0.4 is 15.5 Å². The predicted molar refractivity (Wildman–Crippen MR) is 124 cm³/mol. The third kappa shape index (κ3) is 4.27. The van der Waals surface area contributed by atoms with Crippen LogP contribution in [0.3, 0.4) is 0 Å². The first-order valence-corrected chi connectivity index (χ1v) is 11.1. The molecule has 0 aliphatic carbocycles. The zero-order valence-electron chi connectivity index (χ0n) is 18.6. The van der Waals surface area contributed by atoms with Crippen molar-refractivity contribution in [3.05, 3.63) is 71.2 Å². The molecule has 33 heavy (non-hydrogen) atoms. The number of nitrogens with zero attached hydrogens (tertiary/aromatic N) is 6. The summed E-state index contributed by atoms with van der Waals surface area (Å²) in [5.74, 6) is 1.23. The molecule has 0 radical (unpaired) electrons. The summed E-state index contributed by atoms with van der Waals surface area (Å²) in [6, 6.07) is 7.69. The first-order chi connectivity index (χ1) is 16.1. The number of benzene rings is 1. The maximum atomic E-state index is 13.1. The summed E-state index contributed by atoms with van der Waals surface area (Å²) in [6.07, 6.45) is 9.51. The second-order valence-corrected chi connectivity index (χ2v) is 7.89. The standard InChI is InChI=1S/C24H25N7O2/c1-3-22-23(32)21(15-31(29-22)18-9-28-30(4-2)14-18)16-6-5-7-17(8-16)24-26-12-20(13-27-24)33-19-10-25-11-19/h5-9,12-15,19,25H,3-4,10-11H2,1-2H3. The van der Waals surface area contributed by atoms with E-state index in [1.54, 1.807) is 29.5 Å². The molecule has 4 heterocycles. The van der Waals surface area contributed by atoms with E-state index < -0.39 is 0 Å². The van der Waals surface area contributed by atoms with Crippen molar-refractivity contribution in [3.8, 4) is 34.0 Å². The molecule has 1 saturated heterocycles. The molecule has 9 nitrogen and oxygen atoms in total. The van der Waals surface area contributed by atoms with Crippen molar-refractivity contribution >= 4 is 0 Å². The first kappa shape index (κ1) is 21.0. The second kappa shape index (κ2) is 8.95. The Kier molecular flexibility index (Phi) is 5.70. The smallest absolute Gasteiger partial charge is 0.211 e. The number of aryl methyl sites for hydroxylation is 2. The first-order valence-electron chi connectivity index (χ1n) is 11.1. The average molecular weight is 444 g/mol. The van der Waals surface area contributed by atoms with Crippen LogP contribution in [0.5, 0.6) is 5.75 Å². The van der Waals surface area contributed by atoms with Gasteiger partial charge in [-0.3, -0.25) is 9.48 Å². The van der Waals surface area contributed by atoms with Gasteiger partial charge < -0.3 is 10.1 Å². The highest BCUT2D eigenvalue weighted by atomic mass is 16.5. The minimum absolute atomic E-state index is 0.0763. The lowest BCUT2D eigenvalue weighted by Gasteiger charge is -2.27. The third-order valence-electron chi connectivity index (χ3n) is 5.64. The molecule has 1 aliphatic rings. The summed E-state index contributed by atoms with van der Waals surface area (Å²) in [5.41, 5.74) is 3.42. The van der Waals surface area contributed by atoms with Gasteiger partial charge in [-0.25, -0.2) is 14.6 Å². The van der Waals surface area contributed by atoms with Crippen LogP contribution >= 0.6 is 0 Å². The predicted octanol–water partition coefficient (Wildman–Crippen LogP) is 2.49. The topological polar surface area (TPSA) is 99.8 Å². The molecule has 0 atom stereocenters. The van der Waals surface area contributed by atoms with Crippen LogP contribution in [0.4, 0.5) is 0 Å². The Labute approximate surface area is 191 Å². The van der Waals surface area contributed by atoms with Crippen molar-refractivity contribution < 1.29 is 4.74 Å². The van der Waals surface area contributed by atoms with E-state index in [0.29, 0.717) is 29.3 Å². The van der Waals surface area contributed by atoms with E-state index in [1.807, 2.05) is 49.0 Å². The minimum Gasteiger partial charge on any atom is -0.485 e. The maximum absolute atomic E-state index is 13.1. The van der Waals surface area contributed by atoms with Crippen LogP contribution in [0.25, 0.3) is 28.2 Å². The van der Waals surface area contributed by atoms with Crippen molar-refractivity contribution in [1.82, 2.24) is 34.8 Å². The molecule has 5 rings (SSSR count). The lowest BCUT2D eigenvalue weighted by molar-refractivity contribution is 0.141. The number of ether oxygens (including phenoxy) is 1. The van der Waals surface area contributed by atoms with E-state index in [2.05, 4.69) is 25.5 Å². The number of hydrogen-bond donors (Lipinski definition) is 1. The van der Waals surface area contributed by atoms with Gasteiger partial charge in [-0.05, 0) is 25.0 Å². The van der Waals surface area contributed by atoms with Crippen molar-refractivity contribution in [1.29, 1.82) is 0 Å². The molecule has 1 N–H and O–H groups in total. The Morgan fingerprint density at radius 1 is 1.09 bits per heavy atom. The van der Waals surface area contributed by atoms with Gasteiger partial charge >= 0.3 is 0 Å². The molecule has 3 aromatic heterocycles. The van der Waals surface area contributed by atoms with Gasteiger partial charge in [0.2, 0.25) is 5.43 Å².